The molecule has 148 valence electrons. The van der Waals surface area contributed by atoms with Gasteiger partial charge in [0.25, 0.3) is 0 Å². The van der Waals surface area contributed by atoms with Gasteiger partial charge in [0.2, 0.25) is 11.8 Å². The highest BCUT2D eigenvalue weighted by Gasteiger charge is 2.16. The first-order valence-electron chi connectivity index (χ1n) is 10.4. The lowest BCUT2D eigenvalue weighted by Crippen LogP contribution is -2.44. The molecular weight excluding hydrogens is 314 g/mol. The van der Waals surface area contributed by atoms with E-state index in [1.165, 1.54) is 57.8 Å². The molecular formula is C20H41N3O2. The third kappa shape index (κ3) is 16.1. The Morgan fingerprint density at radius 3 is 1.80 bits per heavy atom. The van der Waals surface area contributed by atoms with Crippen LogP contribution in [-0.4, -0.2) is 24.4 Å². The van der Waals surface area contributed by atoms with E-state index in [1.807, 2.05) is 0 Å². The predicted octanol–water partition coefficient (Wildman–Crippen LogP) is 3.79. The average Bonchev–Trinajstić information content (AvgIpc) is 2.58. The largest absolute Gasteiger partial charge is 0.368 e. The SMILES string of the molecule is CCCCCCCCCCCCCC(=O)N[C@@H](CCCCN)C(N)=O. The number of carbonyl (C=O) groups is 2. The van der Waals surface area contributed by atoms with E-state index in [0.717, 1.165) is 25.7 Å². The summed E-state index contributed by atoms with van der Waals surface area (Å²) in [6, 6.07) is -0.549. The topological polar surface area (TPSA) is 98.2 Å². The van der Waals surface area contributed by atoms with Crippen LogP contribution >= 0.6 is 0 Å². The van der Waals surface area contributed by atoms with E-state index >= 15 is 0 Å². The Balaban J connectivity index is 3.54. The molecule has 5 N–H and O–H groups in total. The molecule has 0 unspecified atom stereocenters. The molecule has 0 rings (SSSR count). The van der Waals surface area contributed by atoms with E-state index in [2.05, 4.69) is 12.2 Å². The predicted molar refractivity (Wildman–Crippen MR) is 105 cm³/mol. The lowest BCUT2D eigenvalue weighted by atomic mass is 10.0. The zero-order valence-electron chi connectivity index (χ0n) is 16.4. The van der Waals surface area contributed by atoms with Crippen molar-refractivity contribution in [2.75, 3.05) is 6.54 Å². The minimum atomic E-state index is -0.549. The van der Waals surface area contributed by atoms with Crippen molar-refractivity contribution in [3.8, 4) is 0 Å². The van der Waals surface area contributed by atoms with Gasteiger partial charge in [-0.15, -0.1) is 0 Å². The smallest absolute Gasteiger partial charge is 0.239 e. The van der Waals surface area contributed by atoms with Crippen molar-refractivity contribution < 1.29 is 9.59 Å². The third-order valence-electron chi connectivity index (χ3n) is 4.63. The van der Waals surface area contributed by atoms with Crippen molar-refractivity contribution >= 4 is 11.8 Å². The molecule has 1 atom stereocenters. The summed E-state index contributed by atoms with van der Waals surface area (Å²) in [4.78, 5) is 23.3. The second-order valence-electron chi connectivity index (χ2n) is 7.09. The number of amides is 2. The maximum atomic E-state index is 11.9. The summed E-state index contributed by atoms with van der Waals surface area (Å²) in [5.74, 6) is -0.517. The van der Waals surface area contributed by atoms with Crippen molar-refractivity contribution in [1.82, 2.24) is 5.32 Å². The summed E-state index contributed by atoms with van der Waals surface area (Å²) in [6.45, 7) is 2.84. The standard InChI is InChI=1S/C20H41N3O2/c1-2-3-4-5-6-7-8-9-10-11-12-16-19(24)23-18(20(22)25)15-13-14-17-21/h18H,2-17,21H2,1H3,(H2,22,25)(H,23,24)/t18-/m0/s1. The number of nitrogens with one attached hydrogen (secondary N) is 1. The molecule has 0 aliphatic carbocycles. The van der Waals surface area contributed by atoms with Gasteiger partial charge in [-0.25, -0.2) is 0 Å². The van der Waals surface area contributed by atoms with Gasteiger partial charge in [-0.1, -0.05) is 71.1 Å². The molecule has 5 nitrogen and oxygen atoms in total. The normalized spacial score (nSPS) is 12.1. The molecule has 0 saturated carbocycles. The van der Waals surface area contributed by atoms with Gasteiger partial charge < -0.3 is 16.8 Å². The van der Waals surface area contributed by atoms with Crippen LogP contribution in [0.25, 0.3) is 0 Å². The van der Waals surface area contributed by atoms with Gasteiger partial charge in [-0.3, -0.25) is 9.59 Å². The lowest BCUT2D eigenvalue weighted by Gasteiger charge is -2.15. The van der Waals surface area contributed by atoms with Crippen molar-refractivity contribution in [3.05, 3.63) is 0 Å². The fourth-order valence-corrected chi connectivity index (χ4v) is 2.99. The Bertz CT molecular complexity index is 335. The van der Waals surface area contributed by atoms with Crippen molar-refractivity contribution in [2.24, 2.45) is 11.5 Å². The molecule has 25 heavy (non-hydrogen) atoms. The average molecular weight is 356 g/mol. The van der Waals surface area contributed by atoms with Gasteiger partial charge in [0.1, 0.15) is 6.04 Å². The first-order chi connectivity index (χ1) is 12.1. The zero-order chi connectivity index (χ0) is 18.8. The number of nitrogens with two attached hydrogens (primary N) is 2. The summed E-state index contributed by atoms with van der Waals surface area (Å²) in [5.41, 5.74) is 10.8. The van der Waals surface area contributed by atoms with Gasteiger partial charge in [0.05, 0.1) is 0 Å². The van der Waals surface area contributed by atoms with E-state index < -0.39 is 11.9 Å². The molecule has 0 bridgehead atoms. The van der Waals surface area contributed by atoms with Gasteiger partial charge in [0, 0.05) is 6.42 Å². The van der Waals surface area contributed by atoms with Crippen LogP contribution < -0.4 is 16.8 Å². The first kappa shape index (κ1) is 23.9. The van der Waals surface area contributed by atoms with Crippen LogP contribution in [0.1, 0.15) is 103 Å². The monoisotopic (exact) mass is 355 g/mol. The molecule has 0 radical (unpaired) electrons. The summed E-state index contributed by atoms with van der Waals surface area (Å²) in [6.07, 6.45) is 16.6. The summed E-state index contributed by atoms with van der Waals surface area (Å²) in [5, 5.41) is 2.76. The van der Waals surface area contributed by atoms with Crippen LogP contribution in [-0.2, 0) is 9.59 Å². The molecule has 2 amide bonds. The second kappa shape index (κ2) is 17.7. The molecule has 0 aliphatic heterocycles. The Hall–Kier alpha value is -1.10. The first-order valence-corrected chi connectivity index (χ1v) is 10.4. The molecule has 0 heterocycles. The van der Waals surface area contributed by atoms with Crippen LogP contribution in [0.2, 0.25) is 0 Å². The third-order valence-corrected chi connectivity index (χ3v) is 4.63. The number of primary amides is 1. The number of hydrogen-bond acceptors (Lipinski definition) is 3. The Morgan fingerprint density at radius 1 is 0.800 bits per heavy atom. The van der Waals surface area contributed by atoms with Crippen LogP contribution in [0.4, 0.5) is 0 Å². The minimum Gasteiger partial charge on any atom is -0.368 e. The molecule has 0 aliphatic rings. The number of unbranched alkanes of at least 4 members (excludes halogenated alkanes) is 11. The van der Waals surface area contributed by atoms with Crippen molar-refractivity contribution in [2.45, 2.75) is 109 Å². The molecule has 0 aromatic rings. The van der Waals surface area contributed by atoms with Crippen LogP contribution in [0.5, 0.6) is 0 Å². The Kier molecular flexibility index (Phi) is 16.9. The number of rotatable bonds is 18. The van der Waals surface area contributed by atoms with E-state index in [9.17, 15) is 9.59 Å². The van der Waals surface area contributed by atoms with Gasteiger partial charge in [-0.05, 0) is 32.2 Å². The summed E-state index contributed by atoms with van der Waals surface area (Å²) >= 11 is 0. The van der Waals surface area contributed by atoms with Gasteiger partial charge in [-0.2, -0.15) is 0 Å². The van der Waals surface area contributed by atoms with Gasteiger partial charge in [0.15, 0.2) is 0 Å². The number of carbonyl (C=O) groups excluding carboxylic acids is 2. The highest BCUT2D eigenvalue weighted by atomic mass is 16.2. The molecule has 0 aromatic carbocycles. The maximum Gasteiger partial charge on any atom is 0.239 e. The Labute approximate surface area is 154 Å². The lowest BCUT2D eigenvalue weighted by molar-refractivity contribution is -0.127. The fourth-order valence-electron chi connectivity index (χ4n) is 2.99. The quantitative estimate of drug-likeness (QED) is 0.326. The van der Waals surface area contributed by atoms with Crippen LogP contribution in [0, 0.1) is 0 Å². The van der Waals surface area contributed by atoms with E-state index in [-0.39, 0.29) is 5.91 Å². The highest BCUT2D eigenvalue weighted by molar-refractivity contribution is 5.86. The zero-order valence-corrected chi connectivity index (χ0v) is 16.4. The van der Waals surface area contributed by atoms with E-state index in [0.29, 0.717) is 19.4 Å². The fraction of sp³-hybridized carbons (Fsp3) is 0.900. The van der Waals surface area contributed by atoms with Gasteiger partial charge >= 0.3 is 0 Å². The molecule has 0 spiro atoms. The highest BCUT2D eigenvalue weighted by Crippen LogP contribution is 2.12. The molecule has 0 aromatic heterocycles. The molecule has 5 heteroatoms. The summed E-state index contributed by atoms with van der Waals surface area (Å²) in [7, 11) is 0. The summed E-state index contributed by atoms with van der Waals surface area (Å²) < 4.78 is 0. The Morgan fingerprint density at radius 2 is 1.32 bits per heavy atom. The molecule has 0 fully saturated rings. The maximum absolute atomic E-state index is 11.9. The van der Waals surface area contributed by atoms with Crippen LogP contribution in [0.3, 0.4) is 0 Å². The minimum absolute atomic E-state index is 0.0625. The van der Waals surface area contributed by atoms with Crippen LogP contribution in [0.15, 0.2) is 0 Å². The number of hydrogen-bond donors (Lipinski definition) is 3. The van der Waals surface area contributed by atoms with Crippen molar-refractivity contribution in [3.63, 3.8) is 0 Å². The second-order valence-corrected chi connectivity index (χ2v) is 7.09. The van der Waals surface area contributed by atoms with E-state index in [4.69, 9.17) is 11.5 Å². The molecule has 0 saturated heterocycles. The van der Waals surface area contributed by atoms with E-state index in [1.54, 1.807) is 0 Å². The van der Waals surface area contributed by atoms with Crippen molar-refractivity contribution in [1.29, 1.82) is 0 Å².